The Bertz CT molecular complexity index is 806. The van der Waals surface area contributed by atoms with Crippen LogP contribution in [-0.2, 0) is 21.4 Å². The molecular formula is C19H28N4O3S. The van der Waals surface area contributed by atoms with Crippen molar-refractivity contribution in [3.05, 3.63) is 30.1 Å². The van der Waals surface area contributed by atoms with Crippen LogP contribution in [-0.4, -0.2) is 77.9 Å². The van der Waals surface area contributed by atoms with Crippen molar-refractivity contribution >= 4 is 15.9 Å². The summed E-state index contributed by atoms with van der Waals surface area (Å²) in [5, 5.41) is 0. The molecule has 4 rings (SSSR count). The molecule has 0 aliphatic carbocycles. The average molecular weight is 393 g/mol. The summed E-state index contributed by atoms with van der Waals surface area (Å²) < 4.78 is 25.4. The van der Waals surface area contributed by atoms with Gasteiger partial charge in [-0.15, -0.1) is 0 Å². The van der Waals surface area contributed by atoms with Crippen molar-refractivity contribution in [2.75, 3.05) is 39.0 Å². The fourth-order valence-electron chi connectivity index (χ4n) is 5.50. The summed E-state index contributed by atoms with van der Waals surface area (Å²) in [4.78, 5) is 21.7. The number of hydrogen-bond donors (Lipinski definition) is 0. The highest BCUT2D eigenvalue weighted by atomic mass is 32.2. The fraction of sp³-hybridized carbons (Fsp3) is 0.684. The summed E-state index contributed by atoms with van der Waals surface area (Å²) in [5.41, 5.74) is 0.972. The first-order valence-electron chi connectivity index (χ1n) is 9.73. The van der Waals surface area contributed by atoms with Crippen LogP contribution in [0.2, 0.25) is 0 Å². The highest BCUT2D eigenvalue weighted by Crippen LogP contribution is 2.49. The third kappa shape index (κ3) is 3.17. The molecule has 0 aromatic carbocycles. The van der Waals surface area contributed by atoms with Crippen molar-refractivity contribution in [1.82, 2.24) is 19.1 Å². The Labute approximate surface area is 161 Å². The van der Waals surface area contributed by atoms with E-state index in [-0.39, 0.29) is 23.3 Å². The van der Waals surface area contributed by atoms with Crippen LogP contribution in [0.5, 0.6) is 0 Å². The number of likely N-dealkylation sites (tertiary alicyclic amines) is 2. The van der Waals surface area contributed by atoms with E-state index in [2.05, 4.69) is 20.9 Å². The molecule has 8 heteroatoms. The minimum Gasteiger partial charge on any atom is -0.337 e. The lowest BCUT2D eigenvalue weighted by molar-refractivity contribution is -0.135. The monoisotopic (exact) mass is 392 g/mol. The van der Waals surface area contributed by atoms with Gasteiger partial charge in [-0.2, -0.15) is 0 Å². The first-order chi connectivity index (χ1) is 12.8. The number of carbonyl (C=O) groups is 1. The first kappa shape index (κ1) is 18.8. The van der Waals surface area contributed by atoms with Gasteiger partial charge >= 0.3 is 0 Å². The van der Waals surface area contributed by atoms with Gasteiger partial charge < -0.3 is 4.90 Å². The molecule has 0 radical (unpaired) electrons. The Balaban J connectivity index is 1.54. The molecule has 7 nitrogen and oxygen atoms in total. The molecule has 3 saturated heterocycles. The van der Waals surface area contributed by atoms with Crippen molar-refractivity contribution in [2.45, 2.75) is 31.8 Å². The standard InChI is InChI=1S/C19H28N4O3S/c1-3-23-18(24)16-13-21(12-15-5-4-8-20-11-15)14-17(16)19(23)6-9-22(10-7-19)27(2,25)26/h4-5,8,11,16-17H,3,6-7,9-10,12-14H2,1-2H3/t16-,17+/m1/s1. The molecule has 148 valence electrons. The fourth-order valence-corrected chi connectivity index (χ4v) is 6.34. The van der Waals surface area contributed by atoms with Crippen LogP contribution in [0.1, 0.15) is 25.3 Å². The van der Waals surface area contributed by atoms with Gasteiger partial charge in [-0.1, -0.05) is 6.07 Å². The third-order valence-electron chi connectivity index (χ3n) is 6.71. The zero-order chi connectivity index (χ0) is 19.2. The number of rotatable bonds is 4. The molecule has 0 N–H and O–H groups in total. The van der Waals surface area contributed by atoms with Gasteiger partial charge in [0.25, 0.3) is 0 Å². The molecule has 27 heavy (non-hydrogen) atoms. The van der Waals surface area contributed by atoms with Crippen LogP contribution in [0.4, 0.5) is 0 Å². The van der Waals surface area contributed by atoms with E-state index in [1.807, 2.05) is 19.2 Å². The summed E-state index contributed by atoms with van der Waals surface area (Å²) in [6.07, 6.45) is 6.41. The van der Waals surface area contributed by atoms with Gasteiger partial charge in [0.15, 0.2) is 0 Å². The van der Waals surface area contributed by atoms with Gasteiger partial charge in [-0.3, -0.25) is 14.7 Å². The predicted octanol–water partition coefficient (Wildman–Crippen LogP) is 0.786. The summed E-state index contributed by atoms with van der Waals surface area (Å²) >= 11 is 0. The van der Waals surface area contributed by atoms with Crippen LogP contribution in [0.3, 0.4) is 0 Å². The van der Waals surface area contributed by atoms with E-state index in [4.69, 9.17) is 0 Å². The second kappa shape index (κ2) is 6.83. The lowest BCUT2D eigenvalue weighted by Gasteiger charge is -2.47. The number of carbonyl (C=O) groups excluding carboxylic acids is 1. The number of aromatic nitrogens is 1. The average Bonchev–Trinajstić information content (AvgIpc) is 3.14. The normalized spacial score (nSPS) is 28.8. The van der Waals surface area contributed by atoms with Crippen molar-refractivity contribution < 1.29 is 13.2 Å². The van der Waals surface area contributed by atoms with Crippen LogP contribution >= 0.6 is 0 Å². The van der Waals surface area contributed by atoms with E-state index in [0.717, 1.165) is 32.5 Å². The van der Waals surface area contributed by atoms with E-state index in [0.29, 0.717) is 19.6 Å². The number of pyridine rings is 1. The molecule has 1 amide bonds. The van der Waals surface area contributed by atoms with Crippen molar-refractivity contribution in [3.63, 3.8) is 0 Å². The minimum absolute atomic E-state index is 0.0337. The summed E-state index contributed by atoms with van der Waals surface area (Å²) in [5.74, 6) is 0.568. The number of fused-ring (bicyclic) bond motifs is 2. The van der Waals surface area contributed by atoms with E-state index in [9.17, 15) is 13.2 Å². The largest absolute Gasteiger partial charge is 0.337 e. The lowest BCUT2D eigenvalue weighted by atomic mass is 9.75. The number of piperidine rings is 1. The molecule has 1 aromatic rings. The van der Waals surface area contributed by atoms with E-state index in [1.165, 1.54) is 11.8 Å². The third-order valence-corrected chi connectivity index (χ3v) is 8.01. The Kier molecular flexibility index (Phi) is 4.76. The van der Waals surface area contributed by atoms with Gasteiger partial charge in [0.1, 0.15) is 0 Å². The van der Waals surface area contributed by atoms with Crippen LogP contribution in [0.25, 0.3) is 0 Å². The SMILES string of the molecule is CCN1C(=O)[C@@H]2CN(Cc3cccnc3)C[C@@H]2C12CCN(S(C)(=O)=O)CC2. The first-order valence-corrected chi connectivity index (χ1v) is 11.6. The van der Waals surface area contributed by atoms with Crippen molar-refractivity contribution in [2.24, 2.45) is 11.8 Å². The van der Waals surface area contributed by atoms with Gasteiger partial charge in [0.2, 0.25) is 15.9 Å². The molecular weight excluding hydrogens is 364 g/mol. The second-order valence-corrected chi connectivity index (χ2v) is 10.1. The minimum atomic E-state index is -3.17. The second-order valence-electron chi connectivity index (χ2n) is 8.12. The maximum atomic E-state index is 13.1. The molecule has 0 bridgehead atoms. The van der Waals surface area contributed by atoms with E-state index < -0.39 is 10.0 Å². The zero-order valence-corrected chi connectivity index (χ0v) is 16.9. The van der Waals surface area contributed by atoms with Crippen molar-refractivity contribution in [1.29, 1.82) is 0 Å². The van der Waals surface area contributed by atoms with E-state index >= 15 is 0 Å². The smallest absolute Gasteiger partial charge is 0.227 e. The van der Waals surface area contributed by atoms with Gasteiger partial charge in [0, 0.05) is 57.6 Å². The summed E-state index contributed by atoms with van der Waals surface area (Å²) in [7, 11) is -3.17. The number of hydrogen-bond acceptors (Lipinski definition) is 5. The van der Waals surface area contributed by atoms with E-state index in [1.54, 1.807) is 10.5 Å². The van der Waals surface area contributed by atoms with Crippen molar-refractivity contribution in [3.8, 4) is 0 Å². The number of nitrogens with zero attached hydrogens (tertiary/aromatic N) is 4. The Hall–Kier alpha value is -1.51. The zero-order valence-electron chi connectivity index (χ0n) is 16.0. The molecule has 0 saturated carbocycles. The molecule has 4 heterocycles. The van der Waals surface area contributed by atoms with Crippen LogP contribution in [0, 0.1) is 11.8 Å². The Morgan fingerprint density at radius 3 is 2.59 bits per heavy atom. The Morgan fingerprint density at radius 1 is 1.26 bits per heavy atom. The lowest BCUT2D eigenvalue weighted by Crippen LogP contribution is -2.57. The molecule has 2 atom stereocenters. The molecule has 1 spiro atoms. The highest BCUT2D eigenvalue weighted by Gasteiger charge is 2.61. The molecule has 3 aliphatic heterocycles. The number of amides is 1. The number of sulfonamides is 1. The molecule has 0 unspecified atom stereocenters. The van der Waals surface area contributed by atoms with Gasteiger partial charge in [0.05, 0.1) is 17.7 Å². The predicted molar refractivity (Wildman–Crippen MR) is 102 cm³/mol. The highest BCUT2D eigenvalue weighted by molar-refractivity contribution is 7.88. The van der Waals surface area contributed by atoms with Crippen LogP contribution < -0.4 is 0 Å². The van der Waals surface area contributed by atoms with Gasteiger partial charge in [-0.05, 0) is 31.4 Å². The molecule has 3 aliphatic rings. The molecule has 3 fully saturated rings. The van der Waals surface area contributed by atoms with Crippen LogP contribution in [0.15, 0.2) is 24.5 Å². The Morgan fingerprint density at radius 2 is 2.00 bits per heavy atom. The summed E-state index contributed by atoms with van der Waals surface area (Å²) in [6.45, 7) is 6.24. The topological polar surface area (TPSA) is 73.8 Å². The molecule has 1 aromatic heterocycles. The maximum absolute atomic E-state index is 13.1. The summed E-state index contributed by atoms with van der Waals surface area (Å²) in [6, 6.07) is 4.01. The van der Waals surface area contributed by atoms with Gasteiger partial charge in [-0.25, -0.2) is 12.7 Å². The quantitative estimate of drug-likeness (QED) is 0.757. The maximum Gasteiger partial charge on any atom is 0.227 e.